The highest BCUT2D eigenvalue weighted by Gasteiger charge is 2.49. The smallest absolute Gasteiger partial charge is 0.307 e. The molecule has 0 saturated heterocycles. The lowest BCUT2D eigenvalue weighted by molar-refractivity contribution is -0.140. The SMILES string of the molecule is CC(C)(NC(=O)C1CC1C(=O)O)c1ccc(Br)cc1. The molecule has 0 aromatic heterocycles. The lowest BCUT2D eigenvalue weighted by atomic mass is 9.94. The van der Waals surface area contributed by atoms with E-state index >= 15 is 0 Å². The molecule has 2 rings (SSSR count). The van der Waals surface area contributed by atoms with Gasteiger partial charge in [0.25, 0.3) is 0 Å². The van der Waals surface area contributed by atoms with Gasteiger partial charge in [-0.05, 0) is 38.0 Å². The molecule has 2 atom stereocenters. The number of aliphatic carboxylic acids is 1. The van der Waals surface area contributed by atoms with E-state index in [1.54, 1.807) is 0 Å². The molecule has 1 aromatic carbocycles. The second-order valence-corrected chi connectivity index (χ2v) is 6.32. The topological polar surface area (TPSA) is 66.4 Å². The van der Waals surface area contributed by atoms with Gasteiger partial charge in [0.15, 0.2) is 0 Å². The molecule has 1 fully saturated rings. The van der Waals surface area contributed by atoms with Crippen LogP contribution in [0.2, 0.25) is 0 Å². The van der Waals surface area contributed by atoms with Gasteiger partial charge in [-0.3, -0.25) is 9.59 Å². The number of hydrogen-bond acceptors (Lipinski definition) is 2. The van der Waals surface area contributed by atoms with Crippen molar-refractivity contribution in [1.29, 1.82) is 0 Å². The fourth-order valence-corrected chi connectivity index (χ4v) is 2.36. The average molecular weight is 326 g/mol. The molecule has 2 unspecified atom stereocenters. The second-order valence-electron chi connectivity index (χ2n) is 5.41. The maximum Gasteiger partial charge on any atom is 0.307 e. The third kappa shape index (κ3) is 3.15. The van der Waals surface area contributed by atoms with Crippen LogP contribution < -0.4 is 5.32 Å². The van der Waals surface area contributed by atoms with Crippen LogP contribution in [0.5, 0.6) is 0 Å². The molecule has 5 heteroatoms. The number of amides is 1. The number of carbonyl (C=O) groups is 2. The monoisotopic (exact) mass is 325 g/mol. The molecular formula is C14H16BrNO3. The van der Waals surface area contributed by atoms with E-state index in [1.165, 1.54) is 0 Å². The van der Waals surface area contributed by atoms with Crippen LogP contribution in [0.25, 0.3) is 0 Å². The fraction of sp³-hybridized carbons (Fsp3) is 0.429. The molecule has 19 heavy (non-hydrogen) atoms. The van der Waals surface area contributed by atoms with Crippen molar-refractivity contribution in [3.63, 3.8) is 0 Å². The lowest BCUT2D eigenvalue weighted by Gasteiger charge is -2.27. The van der Waals surface area contributed by atoms with Crippen LogP contribution in [0, 0.1) is 11.8 Å². The highest BCUT2D eigenvalue weighted by atomic mass is 79.9. The average Bonchev–Trinajstić information content (AvgIpc) is 3.08. The van der Waals surface area contributed by atoms with Gasteiger partial charge in [0.2, 0.25) is 5.91 Å². The first-order valence-corrected chi connectivity index (χ1v) is 6.91. The van der Waals surface area contributed by atoms with Crippen molar-refractivity contribution >= 4 is 27.8 Å². The molecule has 0 aliphatic heterocycles. The van der Waals surface area contributed by atoms with Crippen molar-refractivity contribution < 1.29 is 14.7 Å². The van der Waals surface area contributed by atoms with Gasteiger partial charge in [0.05, 0.1) is 17.4 Å². The summed E-state index contributed by atoms with van der Waals surface area (Å²) >= 11 is 3.37. The molecule has 2 N–H and O–H groups in total. The Morgan fingerprint density at radius 3 is 2.32 bits per heavy atom. The molecule has 1 amide bonds. The number of benzene rings is 1. The van der Waals surface area contributed by atoms with E-state index in [0.29, 0.717) is 6.42 Å². The zero-order valence-corrected chi connectivity index (χ0v) is 12.4. The Hall–Kier alpha value is -1.36. The van der Waals surface area contributed by atoms with Gasteiger partial charge < -0.3 is 10.4 Å². The Labute approximate surface area is 120 Å². The third-order valence-electron chi connectivity index (χ3n) is 3.45. The normalized spacial score (nSPS) is 21.8. The van der Waals surface area contributed by atoms with Crippen molar-refractivity contribution in [2.24, 2.45) is 11.8 Å². The molecule has 1 aromatic rings. The molecule has 0 bridgehead atoms. The van der Waals surface area contributed by atoms with E-state index in [9.17, 15) is 9.59 Å². The van der Waals surface area contributed by atoms with Gasteiger partial charge in [-0.2, -0.15) is 0 Å². The zero-order chi connectivity index (χ0) is 14.2. The van der Waals surface area contributed by atoms with Gasteiger partial charge in [-0.25, -0.2) is 0 Å². The number of hydrogen-bond donors (Lipinski definition) is 2. The summed E-state index contributed by atoms with van der Waals surface area (Å²) in [5.41, 5.74) is 0.472. The van der Waals surface area contributed by atoms with Crippen molar-refractivity contribution in [1.82, 2.24) is 5.32 Å². The van der Waals surface area contributed by atoms with Gasteiger partial charge >= 0.3 is 5.97 Å². The Morgan fingerprint density at radius 2 is 1.84 bits per heavy atom. The Kier molecular flexibility index (Phi) is 3.67. The van der Waals surface area contributed by atoms with E-state index in [0.717, 1.165) is 10.0 Å². The Bertz CT molecular complexity index is 510. The molecule has 0 heterocycles. The first-order valence-electron chi connectivity index (χ1n) is 6.12. The van der Waals surface area contributed by atoms with E-state index < -0.39 is 17.4 Å². The quantitative estimate of drug-likeness (QED) is 0.893. The molecule has 0 radical (unpaired) electrons. The zero-order valence-electron chi connectivity index (χ0n) is 10.8. The van der Waals surface area contributed by atoms with Gasteiger partial charge in [0.1, 0.15) is 0 Å². The van der Waals surface area contributed by atoms with Crippen LogP contribution in [-0.4, -0.2) is 17.0 Å². The molecule has 1 aliphatic rings. The number of rotatable bonds is 4. The van der Waals surface area contributed by atoms with E-state index in [-0.39, 0.29) is 11.8 Å². The minimum atomic E-state index is -0.887. The van der Waals surface area contributed by atoms with E-state index in [4.69, 9.17) is 5.11 Å². The van der Waals surface area contributed by atoms with Crippen LogP contribution in [0.1, 0.15) is 25.8 Å². The van der Waals surface area contributed by atoms with Gasteiger partial charge in [-0.15, -0.1) is 0 Å². The second kappa shape index (κ2) is 4.96. The van der Waals surface area contributed by atoms with E-state index in [2.05, 4.69) is 21.2 Å². The number of carboxylic acids is 1. The molecule has 4 nitrogen and oxygen atoms in total. The fourth-order valence-electron chi connectivity index (χ4n) is 2.10. The van der Waals surface area contributed by atoms with Crippen molar-refractivity contribution in [2.45, 2.75) is 25.8 Å². The van der Waals surface area contributed by atoms with Crippen LogP contribution in [0.3, 0.4) is 0 Å². The van der Waals surface area contributed by atoms with Crippen LogP contribution >= 0.6 is 15.9 Å². The molecule has 102 valence electrons. The summed E-state index contributed by atoms with van der Waals surface area (Å²) in [4.78, 5) is 22.8. The summed E-state index contributed by atoms with van der Waals surface area (Å²) in [7, 11) is 0. The summed E-state index contributed by atoms with van der Waals surface area (Å²) in [5, 5.41) is 11.8. The maximum absolute atomic E-state index is 12.0. The summed E-state index contributed by atoms with van der Waals surface area (Å²) in [6.07, 6.45) is 0.442. The highest BCUT2D eigenvalue weighted by Crippen LogP contribution is 2.39. The van der Waals surface area contributed by atoms with Gasteiger partial charge in [-0.1, -0.05) is 28.1 Å². The first-order chi connectivity index (χ1) is 8.81. The molecule has 1 saturated carbocycles. The number of carboxylic acid groups (broad SMARTS) is 1. The number of halogens is 1. The van der Waals surface area contributed by atoms with Gasteiger partial charge in [0, 0.05) is 4.47 Å². The van der Waals surface area contributed by atoms with Crippen molar-refractivity contribution in [3.8, 4) is 0 Å². The predicted octanol–water partition coefficient (Wildman–Crippen LogP) is 2.52. The van der Waals surface area contributed by atoms with Crippen LogP contribution in [0.15, 0.2) is 28.7 Å². The third-order valence-corrected chi connectivity index (χ3v) is 3.97. The summed E-state index contributed by atoms with van der Waals surface area (Å²) in [6.45, 7) is 3.82. The standard InChI is InChI=1S/C14H16BrNO3/c1-14(2,8-3-5-9(15)6-4-8)16-12(17)10-7-11(10)13(18)19/h3-6,10-11H,7H2,1-2H3,(H,16,17)(H,18,19). The first kappa shape index (κ1) is 14.1. The summed E-state index contributed by atoms with van der Waals surface area (Å²) in [6, 6.07) is 7.71. The largest absolute Gasteiger partial charge is 0.481 e. The number of carbonyl (C=O) groups excluding carboxylic acids is 1. The molecular weight excluding hydrogens is 310 g/mol. The molecule has 1 aliphatic carbocycles. The lowest BCUT2D eigenvalue weighted by Crippen LogP contribution is -2.42. The number of nitrogens with one attached hydrogen (secondary N) is 1. The predicted molar refractivity (Wildman–Crippen MR) is 74.5 cm³/mol. The molecule has 0 spiro atoms. The summed E-state index contributed by atoms with van der Waals surface area (Å²) < 4.78 is 0.978. The Morgan fingerprint density at radius 1 is 1.26 bits per heavy atom. The minimum absolute atomic E-state index is 0.180. The van der Waals surface area contributed by atoms with Crippen LogP contribution in [0.4, 0.5) is 0 Å². The Balaban J connectivity index is 2.03. The highest BCUT2D eigenvalue weighted by molar-refractivity contribution is 9.10. The minimum Gasteiger partial charge on any atom is -0.481 e. The van der Waals surface area contributed by atoms with E-state index in [1.807, 2.05) is 38.1 Å². The summed E-state index contributed by atoms with van der Waals surface area (Å²) in [5.74, 6) is -1.96. The van der Waals surface area contributed by atoms with Crippen molar-refractivity contribution in [2.75, 3.05) is 0 Å². The van der Waals surface area contributed by atoms with Crippen molar-refractivity contribution in [3.05, 3.63) is 34.3 Å². The maximum atomic E-state index is 12.0. The van der Waals surface area contributed by atoms with Crippen LogP contribution in [-0.2, 0) is 15.1 Å².